The van der Waals surface area contributed by atoms with Crippen molar-refractivity contribution >= 4 is 34.2 Å². The van der Waals surface area contributed by atoms with Crippen LogP contribution in [-0.4, -0.2) is 16.7 Å². The number of rotatable bonds is 3. The molecule has 2 N–H and O–H groups in total. The van der Waals surface area contributed by atoms with Gasteiger partial charge in [0.25, 0.3) is 5.91 Å². The third-order valence-corrected chi connectivity index (χ3v) is 3.67. The average Bonchev–Trinajstić information content (AvgIpc) is 2.45. The summed E-state index contributed by atoms with van der Waals surface area (Å²) in [7, 11) is 0. The lowest BCUT2D eigenvalue weighted by molar-refractivity contribution is 0.0954. The van der Waals surface area contributed by atoms with Crippen LogP contribution in [0.3, 0.4) is 0 Å². The molecule has 0 radical (unpaired) electrons. The first-order valence-electron chi connectivity index (χ1n) is 5.96. The Kier molecular flexibility index (Phi) is 4.73. The molecule has 1 amide bonds. The van der Waals surface area contributed by atoms with Crippen LogP contribution < -0.4 is 5.43 Å². The van der Waals surface area contributed by atoms with Gasteiger partial charge in [-0.05, 0) is 71.5 Å². The zero-order valence-corrected chi connectivity index (χ0v) is 13.0. The van der Waals surface area contributed by atoms with Gasteiger partial charge in [0.1, 0.15) is 5.75 Å². The molecule has 0 bridgehead atoms. The number of hydrogen-bond donors (Lipinski definition) is 2. The van der Waals surface area contributed by atoms with Crippen LogP contribution in [0, 0.1) is 3.57 Å². The van der Waals surface area contributed by atoms with Crippen molar-refractivity contribution in [3.8, 4) is 5.75 Å². The normalized spacial score (nSPS) is 11.2. The predicted octanol–water partition coefficient (Wildman–Crippen LogP) is 3.15. The minimum absolute atomic E-state index is 0.199. The molecule has 0 aliphatic heterocycles. The summed E-state index contributed by atoms with van der Waals surface area (Å²) in [5, 5.41) is 13.3. The highest BCUT2D eigenvalue weighted by Crippen LogP contribution is 2.12. The smallest absolute Gasteiger partial charge is 0.272 e. The molecule has 0 saturated carbocycles. The summed E-state index contributed by atoms with van der Waals surface area (Å²) in [5.74, 6) is -0.0439. The molecular weight excluding hydrogens is 367 g/mol. The van der Waals surface area contributed by atoms with Crippen molar-refractivity contribution in [2.24, 2.45) is 5.10 Å². The Morgan fingerprint density at radius 3 is 2.45 bits per heavy atom. The van der Waals surface area contributed by atoms with E-state index < -0.39 is 0 Å². The number of nitrogens with one attached hydrogen (secondary N) is 1. The standard InChI is InChI=1S/C15H13IN2O2/c1-10(11-6-8-12(19)9-7-11)17-18-15(20)13-4-2-3-5-14(13)16/h2-9,19H,1H3,(H,18,20). The van der Waals surface area contributed by atoms with E-state index in [-0.39, 0.29) is 11.7 Å². The minimum atomic E-state index is -0.242. The van der Waals surface area contributed by atoms with Crippen molar-refractivity contribution in [3.63, 3.8) is 0 Å². The molecule has 2 aromatic carbocycles. The maximum Gasteiger partial charge on any atom is 0.272 e. The lowest BCUT2D eigenvalue weighted by atomic mass is 10.1. The molecule has 0 heterocycles. The van der Waals surface area contributed by atoms with Gasteiger partial charge in [-0.3, -0.25) is 4.79 Å². The fraction of sp³-hybridized carbons (Fsp3) is 0.0667. The predicted molar refractivity (Wildman–Crippen MR) is 86.9 cm³/mol. The zero-order chi connectivity index (χ0) is 14.5. The summed E-state index contributed by atoms with van der Waals surface area (Å²) < 4.78 is 0.875. The number of halogens is 1. The molecule has 0 fully saturated rings. The Bertz CT molecular complexity index is 651. The molecule has 0 spiro atoms. The number of phenols is 1. The molecule has 5 heteroatoms. The van der Waals surface area contributed by atoms with E-state index in [2.05, 4.69) is 33.1 Å². The van der Waals surface area contributed by atoms with Gasteiger partial charge >= 0.3 is 0 Å². The van der Waals surface area contributed by atoms with Crippen LogP contribution >= 0.6 is 22.6 Å². The summed E-state index contributed by atoms with van der Waals surface area (Å²) >= 11 is 2.11. The highest BCUT2D eigenvalue weighted by Gasteiger charge is 2.08. The molecule has 0 aromatic heterocycles. The monoisotopic (exact) mass is 380 g/mol. The van der Waals surface area contributed by atoms with Crippen molar-refractivity contribution in [1.29, 1.82) is 0 Å². The molecule has 102 valence electrons. The first-order chi connectivity index (χ1) is 9.58. The number of carbonyl (C=O) groups is 1. The van der Waals surface area contributed by atoms with E-state index in [0.29, 0.717) is 11.3 Å². The molecular formula is C15H13IN2O2. The van der Waals surface area contributed by atoms with E-state index in [1.165, 1.54) is 0 Å². The van der Waals surface area contributed by atoms with Gasteiger partial charge in [0.2, 0.25) is 0 Å². The highest BCUT2D eigenvalue weighted by molar-refractivity contribution is 14.1. The molecule has 0 atom stereocenters. The summed E-state index contributed by atoms with van der Waals surface area (Å²) in [5.41, 5.74) is 4.64. The van der Waals surface area contributed by atoms with E-state index in [1.54, 1.807) is 37.3 Å². The number of nitrogens with zero attached hydrogens (tertiary/aromatic N) is 1. The zero-order valence-electron chi connectivity index (χ0n) is 10.8. The average molecular weight is 380 g/mol. The molecule has 0 saturated heterocycles. The quantitative estimate of drug-likeness (QED) is 0.488. The van der Waals surface area contributed by atoms with Gasteiger partial charge in [0.15, 0.2) is 0 Å². The minimum Gasteiger partial charge on any atom is -0.508 e. The summed E-state index contributed by atoms with van der Waals surface area (Å²) in [6, 6.07) is 14.0. The molecule has 2 rings (SSSR count). The van der Waals surface area contributed by atoms with Crippen LogP contribution in [0.1, 0.15) is 22.8 Å². The van der Waals surface area contributed by atoms with Gasteiger partial charge in [0, 0.05) is 3.57 Å². The summed E-state index contributed by atoms with van der Waals surface area (Å²) in [6.07, 6.45) is 0. The Morgan fingerprint density at radius 1 is 1.15 bits per heavy atom. The highest BCUT2D eigenvalue weighted by atomic mass is 127. The van der Waals surface area contributed by atoms with E-state index in [0.717, 1.165) is 9.13 Å². The third-order valence-electron chi connectivity index (χ3n) is 2.73. The van der Waals surface area contributed by atoms with Crippen LogP contribution in [0.25, 0.3) is 0 Å². The molecule has 0 aliphatic rings. The van der Waals surface area contributed by atoms with Crippen LogP contribution in [-0.2, 0) is 0 Å². The van der Waals surface area contributed by atoms with Crippen molar-refractivity contribution in [3.05, 3.63) is 63.2 Å². The summed E-state index contributed by atoms with van der Waals surface area (Å²) in [4.78, 5) is 12.0. The van der Waals surface area contributed by atoms with E-state index in [1.807, 2.05) is 18.2 Å². The second-order valence-corrected chi connectivity index (χ2v) is 5.33. The van der Waals surface area contributed by atoms with Gasteiger partial charge in [-0.1, -0.05) is 12.1 Å². The van der Waals surface area contributed by atoms with Gasteiger partial charge in [0.05, 0.1) is 11.3 Å². The first kappa shape index (κ1) is 14.5. The SMILES string of the molecule is CC(=NNC(=O)c1ccccc1I)c1ccc(O)cc1. The Morgan fingerprint density at radius 2 is 1.80 bits per heavy atom. The van der Waals surface area contributed by atoms with Crippen molar-refractivity contribution in [1.82, 2.24) is 5.43 Å². The van der Waals surface area contributed by atoms with Crippen molar-refractivity contribution < 1.29 is 9.90 Å². The number of hydrogen-bond acceptors (Lipinski definition) is 3. The van der Waals surface area contributed by atoms with Gasteiger partial charge in [-0.2, -0.15) is 5.10 Å². The lowest BCUT2D eigenvalue weighted by Gasteiger charge is -2.04. The van der Waals surface area contributed by atoms with Crippen molar-refractivity contribution in [2.45, 2.75) is 6.92 Å². The second kappa shape index (κ2) is 6.51. The number of hydrazone groups is 1. The fourth-order valence-corrected chi connectivity index (χ4v) is 2.24. The number of aromatic hydroxyl groups is 1. The lowest BCUT2D eigenvalue weighted by Crippen LogP contribution is -2.20. The molecule has 0 aliphatic carbocycles. The van der Waals surface area contributed by atoms with Gasteiger partial charge in [-0.25, -0.2) is 5.43 Å². The van der Waals surface area contributed by atoms with E-state index in [9.17, 15) is 9.90 Å². The maximum absolute atomic E-state index is 12.0. The second-order valence-electron chi connectivity index (χ2n) is 4.16. The fourth-order valence-electron chi connectivity index (χ4n) is 1.61. The topological polar surface area (TPSA) is 61.7 Å². The third kappa shape index (κ3) is 3.57. The molecule has 4 nitrogen and oxygen atoms in total. The Hall–Kier alpha value is -1.89. The van der Waals surface area contributed by atoms with Crippen molar-refractivity contribution in [2.75, 3.05) is 0 Å². The number of benzene rings is 2. The van der Waals surface area contributed by atoms with Gasteiger partial charge in [-0.15, -0.1) is 0 Å². The first-order valence-corrected chi connectivity index (χ1v) is 7.04. The molecule has 2 aromatic rings. The number of amides is 1. The molecule has 20 heavy (non-hydrogen) atoms. The Balaban J connectivity index is 2.11. The van der Waals surface area contributed by atoms with Crippen LogP contribution in [0.15, 0.2) is 53.6 Å². The largest absolute Gasteiger partial charge is 0.508 e. The Labute approximate surface area is 130 Å². The molecule has 0 unspecified atom stereocenters. The van der Waals surface area contributed by atoms with Crippen LogP contribution in [0.4, 0.5) is 0 Å². The number of phenolic OH excluding ortho intramolecular Hbond substituents is 1. The van der Waals surface area contributed by atoms with Crippen LogP contribution in [0.5, 0.6) is 5.75 Å². The maximum atomic E-state index is 12.0. The van der Waals surface area contributed by atoms with E-state index in [4.69, 9.17) is 0 Å². The summed E-state index contributed by atoms with van der Waals surface area (Å²) in [6.45, 7) is 1.79. The van der Waals surface area contributed by atoms with Crippen LogP contribution in [0.2, 0.25) is 0 Å². The van der Waals surface area contributed by atoms with E-state index >= 15 is 0 Å². The van der Waals surface area contributed by atoms with Gasteiger partial charge < -0.3 is 5.11 Å². The number of carbonyl (C=O) groups excluding carboxylic acids is 1.